The fraction of sp³-hybridized carbons (Fsp3) is 0.214. The van der Waals surface area contributed by atoms with Crippen molar-refractivity contribution in [3.8, 4) is 5.75 Å². The predicted molar refractivity (Wildman–Crippen MR) is 140 cm³/mol. The van der Waals surface area contributed by atoms with Gasteiger partial charge in [-0.2, -0.15) is 0 Å². The van der Waals surface area contributed by atoms with E-state index in [2.05, 4.69) is 38.1 Å². The largest absolute Gasteiger partial charge is 0.496 e. The number of benzene rings is 3. The van der Waals surface area contributed by atoms with E-state index in [1.54, 1.807) is 12.0 Å². The first-order chi connectivity index (χ1) is 16.0. The van der Waals surface area contributed by atoms with E-state index in [1.165, 1.54) is 22.9 Å². The Morgan fingerprint density at radius 2 is 1.58 bits per heavy atom. The lowest BCUT2D eigenvalue weighted by Gasteiger charge is -2.16. The third-order valence-electron chi connectivity index (χ3n) is 5.70. The molecule has 33 heavy (non-hydrogen) atoms. The van der Waals surface area contributed by atoms with E-state index in [1.807, 2.05) is 55.5 Å². The second kappa shape index (κ2) is 10.1. The van der Waals surface area contributed by atoms with Crippen LogP contribution in [0.1, 0.15) is 36.1 Å². The van der Waals surface area contributed by atoms with E-state index in [9.17, 15) is 4.79 Å². The number of anilines is 1. The topological polar surface area (TPSA) is 41.9 Å². The van der Waals surface area contributed by atoms with Crippen LogP contribution in [0.5, 0.6) is 5.75 Å². The van der Waals surface area contributed by atoms with Gasteiger partial charge in [-0.25, -0.2) is 4.99 Å². The number of nitrogens with zero attached hydrogens (tertiary/aromatic N) is 2. The van der Waals surface area contributed by atoms with Gasteiger partial charge in [0, 0.05) is 0 Å². The summed E-state index contributed by atoms with van der Waals surface area (Å²) in [4.78, 5) is 20.7. The number of amides is 1. The number of aliphatic imine (C=N–C) groups is 1. The lowest BCUT2D eigenvalue weighted by Crippen LogP contribution is -2.28. The van der Waals surface area contributed by atoms with Gasteiger partial charge in [-0.15, -0.1) is 0 Å². The first-order valence-corrected chi connectivity index (χ1v) is 12.0. The molecule has 0 aliphatic carbocycles. The zero-order valence-electron chi connectivity index (χ0n) is 19.5. The molecule has 0 aromatic heterocycles. The monoisotopic (exact) mass is 456 g/mol. The number of carbonyl (C=O) groups is 1. The van der Waals surface area contributed by atoms with Gasteiger partial charge >= 0.3 is 0 Å². The van der Waals surface area contributed by atoms with E-state index in [0.717, 1.165) is 41.1 Å². The summed E-state index contributed by atoms with van der Waals surface area (Å²) >= 11 is 1.40. The number of carbonyl (C=O) groups excluding carboxylic acids is 1. The van der Waals surface area contributed by atoms with E-state index in [0.29, 0.717) is 10.1 Å². The summed E-state index contributed by atoms with van der Waals surface area (Å²) in [5.74, 6) is 0.764. The van der Waals surface area contributed by atoms with Crippen LogP contribution in [0.25, 0.3) is 6.08 Å². The fourth-order valence-corrected chi connectivity index (χ4v) is 4.72. The minimum Gasteiger partial charge on any atom is -0.496 e. The van der Waals surface area contributed by atoms with Gasteiger partial charge in [0.2, 0.25) is 0 Å². The number of amidine groups is 1. The highest BCUT2D eigenvalue weighted by Gasteiger charge is 2.34. The van der Waals surface area contributed by atoms with Crippen molar-refractivity contribution in [1.29, 1.82) is 0 Å². The molecule has 0 N–H and O–H groups in total. The maximum absolute atomic E-state index is 13.5. The molecular formula is C28H28N2O2S. The van der Waals surface area contributed by atoms with Gasteiger partial charge in [0.15, 0.2) is 5.17 Å². The molecule has 0 spiro atoms. The Kier molecular flexibility index (Phi) is 6.99. The SMILES string of the molecule is CCc1ccc(N=C2S/C(=C\c3ccc(OC)c(C)c3)C(=O)N2c2ccc(CC)cc2)cc1. The molecule has 0 radical (unpaired) electrons. The van der Waals surface area contributed by atoms with Gasteiger partial charge in [0.1, 0.15) is 5.75 Å². The van der Waals surface area contributed by atoms with Gasteiger partial charge in [0.25, 0.3) is 5.91 Å². The van der Waals surface area contributed by atoms with Gasteiger partial charge in [-0.1, -0.05) is 44.2 Å². The van der Waals surface area contributed by atoms with Crippen molar-refractivity contribution in [1.82, 2.24) is 0 Å². The average Bonchev–Trinajstić information content (AvgIpc) is 3.14. The molecule has 0 atom stereocenters. The van der Waals surface area contributed by atoms with Crippen LogP contribution in [0, 0.1) is 6.92 Å². The summed E-state index contributed by atoms with van der Waals surface area (Å²) in [6.45, 7) is 6.25. The van der Waals surface area contributed by atoms with Crippen LogP contribution in [-0.4, -0.2) is 18.2 Å². The minimum atomic E-state index is -0.0679. The van der Waals surface area contributed by atoms with E-state index in [4.69, 9.17) is 9.73 Å². The summed E-state index contributed by atoms with van der Waals surface area (Å²) in [7, 11) is 1.66. The average molecular weight is 457 g/mol. The van der Waals surface area contributed by atoms with Crippen molar-refractivity contribution in [2.45, 2.75) is 33.6 Å². The number of aryl methyl sites for hydroxylation is 3. The van der Waals surface area contributed by atoms with Crippen molar-refractivity contribution >= 4 is 40.3 Å². The van der Waals surface area contributed by atoms with Crippen LogP contribution in [0.15, 0.2) is 76.6 Å². The molecule has 5 heteroatoms. The summed E-state index contributed by atoms with van der Waals surface area (Å²) in [5, 5.41) is 0.657. The molecule has 3 aromatic rings. The first-order valence-electron chi connectivity index (χ1n) is 11.2. The van der Waals surface area contributed by atoms with Crippen molar-refractivity contribution in [2.75, 3.05) is 12.0 Å². The van der Waals surface area contributed by atoms with Crippen LogP contribution in [0.3, 0.4) is 0 Å². The highest BCUT2D eigenvalue weighted by Crippen LogP contribution is 2.37. The molecule has 1 aliphatic heterocycles. The molecule has 0 bridgehead atoms. The number of hydrogen-bond donors (Lipinski definition) is 0. The molecule has 1 heterocycles. The van der Waals surface area contributed by atoms with Crippen molar-refractivity contribution in [3.05, 3.63) is 93.9 Å². The Balaban J connectivity index is 1.74. The molecule has 1 fully saturated rings. The number of hydrogen-bond acceptors (Lipinski definition) is 4. The van der Waals surface area contributed by atoms with Crippen LogP contribution in [-0.2, 0) is 17.6 Å². The highest BCUT2D eigenvalue weighted by molar-refractivity contribution is 8.19. The van der Waals surface area contributed by atoms with Gasteiger partial charge in [-0.05, 0) is 96.3 Å². The second-order valence-electron chi connectivity index (χ2n) is 7.91. The second-order valence-corrected chi connectivity index (χ2v) is 8.92. The molecule has 3 aromatic carbocycles. The lowest BCUT2D eigenvalue weighted by molar-refractivity contribution is -0.113. The van der Waals surface area contributed by atoms with E-state index in [-0.39, 0.29) is 5.91 Å². The molecule has 0 saturated carbocycles. The molecule has 4 rings (SSSR count). The zero-order valence-corrected chi connectivity index (χ0v) is 20.3. The van der Waals surface area contributed by atoms with Crippen molar-refractivity contribution in [3.63, 3.8) is 0 Å². The maximum Gasteiger partial charge on any atom is 0.271 e. The number of thioether (sulfide) groups is 1. The Hall–Kier alpha value is -3.31. The quantitative estimate of drug-likeness (QED) is 0.377. The third-order valence-corrected chi connectivity index (χ3v) is 6.66. The standard InChI is InChI=1S/C28H28N2O2S/c1-5-20-7-12-23(13-8-20)29-28-30(24-14-9-21(6-2)10-15-24)27(31)26(33-28)18-22-11-16-25(32-4)19(3)17-22/h7-18H,5-6H2,1-4H3/b26-18-,29-28?. The summed E-state index contributed by atoms with van der Waals surface area (Å²) < 4.78 is 5.36. The van der Waals surface area contributed by atoms with Crippen LogP contribution in [0.4, 0.5) is 11.4 Å². The number of ether oxygens (including phenoxy) is 1. The highest BCUT2D eigenvalue weighted by atomic mass is 32.2. The molecule has 1 saturated heterocycles. The zero-order chi connectivity index (χ0) is 23.4. The van der Waals surface area contributed by atoms with E-state index < -0.39 is 0 Å². The molecule has 0 unspecified atom stereocenters. The third kappa shape index (κ3) is 5.04. The Morgan fingerprint density at radius 1 is 0.939 bits per heavy atom. The minimum absolute atomic E-state index is 0.0679. The van der Waals surface area contributed by atoms with Crippen molar-refractivity contribution in [2.24, 2.45) is 4.99 Å². The lowest BCUT2D eigenvalue weighted by atomic mass is 10.1. The fourth-order valence-electron chi connectivity index (χ4n) is 3.72. The number of rotatable bonds is 6. The molecule has 168 valence electrons. The van der Waals surface area contributed by atoms with Gasteiger partial charge in [0.05, 0.1) is 23.4 Å². The summed E-state index contributed by atoms with van der Waals surface area (Å²) in [6.07, 6.45) is 3.86. The van der Waals surface area contributed by atoms with Crippen LogP contribution >= 0.6 is 11.8 Å². The van der Waals surface area contributed by atoms with Crippen LogP contribution < -0.4 is 9.64 Å². The Morgan fingerprint density at radius 3 is 2.15 bits per heavy atom. The molecule has 1 amide bonds. The smallest absolute Gasteiger partial charge is 0.271 e. The van der Waals surface area contributed by atoms with Crippen LogP contribution in [0.2, 0.25) is 0 Å². The molecule has 1 aliphatic rings. The number of methoxy groups -OCH3 is 1. The normalized spacial score (nSPS) is 16.1. The summed E-state index contributed by atoms with van der Waals surface area (Å²) in [6, 6.07) is 22.2. The molecule has 4 nitrogen and oxygen atoms in total. The van der Waals surface area contributed by atoms with E-state index >= 15 is 0 Å². The van der Waals surface area contributed by atoms with Crippen molar-refractivity contribution < 1.29 is 9.53 Å². The maximum atomic E-state index is 13.5. The summed E-state index contributed by atoms with van der Waals surface area (Å²) in [5.41, 5.74) is 6.13. The predicted octanol–water partition coefficient (Wildman–Crippen LogP) is 6.94. The Bertz CT molecular complexity index is 1210. The first kappa shape index (κ1) is 22.9. The van der Waals surface area contributed by atoms with Gasteiger partial charge < -0.3 is 4.74 Å². The molecular weight excluding hydrogens is 428 g/mol. The van der Waals surface area contributed by atoms with Gasteiger partial charge in [-0.3, -0.25) is 9.69 Å². The Labute approximate surface area is 200 Å².